The zero-order chi connectivity index (χ0) is 10.7. The normalized spacial score (nSPS) is 10.4. The van der Waals surface area contributed by atoms with Gasteiger partial charge in [-0.3, -0.25) is 0 Å². The molecule has 0 fully saturated rings. The van der Waals surface area contributed by atoms with Crippen LogP contribution in [0.2, 0.25) is 5.02 Å². The molecule has 0 aliphatic heterocycles. The van der Waals surface area contributed by atoms with E-state index < -0.39 is 7.12 Å². The molecule has 5 heteroatoms. The van der Waals surface area contributed by atoms with Crippen LogP contribution in [0.5, 0.6) is 0 Å². The number of benzene rings is 1. The molecular weight excluding hydrogens is 218 g/mol. The Bertz CT molecular complexity index is 331. The second-order valence-corrected chi connectivity index (χ2v) is 4.15. The van der Waals surface area contributed by atoms with Gasteiger partial charge in [-0.2, -0.15) is 0 Å². The third-order valence-electron chi connectivity index (χ3n) is 2.03. The van der Waals surface area contributed by atoms with Crippen molar-refractivity contribution in [3.63, 3.8) is 0 Å². The van der Waals surface area contributed by atoms with E-state index in [9.17, 15) is 0 Å². The lowest BCUT2D eigenvalue weighted by Gasteiger charge is -2.09. The van der Waals surface area contributed by atoms with Gasteiger partial charge in [-0.1, -0.05) is 24.6 Å². The van der Waals surface area contributed by atoms with Gasteiger partial charge >= 0.3 is 7.12 Å². The topological polar surface area (TPSA) is 40.5 Å². The van der Waals surface area contributed by atoms with Crippen LogP contribution in [0.25, 0.3) is 0 Å². The van der Waals surface area contributed by atoms with Crippen molar-refractivity contribution in [1.82, 2.24) is 0 Å². The van der Waals surface area contributed by atoms with Crippen LogP contribution in [0.15, 0.2) is 17.0 Å². The van der Waals surface area contributed by atoms with Crippen molar-refractivity contribution in [3.05, 3.63) is 22.7 Å². The van der Waals surface area contributed by atoms with E-state index in [0.29, 0.717) is 10.5 Å². The van der Waals surface area contributed by atoms with Crippen LogP contribution in [0.1, 0.15) is 12.5 Å². The van der Waals surface area contributed by atoms with E-state index in [2.05, 4.69) is 0 Å². The summed E-state index contributed by atoms with van der Waals surface area (Å²) in [5.74, 6) is 0. The molecule has 0 saturated carbocycles. The summed E-state index contributed by atoms with van der Waals surface area (Å²) >= 11 is 7.49. The van der Waals surface area contributed by atoms with E-state index in [1.165, 1.54) is 11.8 Å². The molecule has 0 aliphatic rings. The SMILES string of the molecule is CCc1cc(SC)c(Cl)c(B(O)O)c1. The van der Waals surface area contributed by atoms with Gasteiger partial charge in [0.25, 0.3) is 0 Å². The average Bonchev–Trinajstić information content (AvgIpc) is 2.17. The Labute approximate surface area is 93.4 Å². The Morgan fingerprint density at radius 1 is 1.43 bits per heavy atom. The molecule has 0 radical (unpaired) electrons. The van der Waals surface area contributed by atoms with Gasteiger partial charge in [0.05, 0.1) is 5.02 Å². The minimum atomic E-state index is -1.50. The molecular formula is C9H12BClO2S. The van der Waals surface area contributed by atoms with Crippen molar-refractivity contribution < 1.29 is 10.0 Å². The van der Waals surface area contributed by atoms with Crippen molar-refractivity contribution in [3.8, 4) is 0 Å². The highest BCUT2D eigenvalue weighted by molar-refractivity contribution is 7.98. The second kappa shape index (κ2) is 5.07. The van der Waals surface area contributed by atoms with E-state index in [4.69, 9.17) is 21.6 Å². The van der Waals surface area contributed by atoms with E-state index in [1.807, 2.05) is 19.2 Å². The van der Waals surface area contributed by atoms with Crippen molar-refractivity contribution in [1.29, 1.82) is 0 Å². The molecule has 0 spiro atoms. The lowest BCUT2D eigenvalue weighted by atomic mass is 9.79. The van der Waals surface area contributed by atoms with Crippen LogP contribution >= 0.6 is 23.4 Å². The first-order valence-corrected chi connectivity index (χ1v) is 5.92. The Kier molecular flexibility index (Phi) is 4.32. The van der Waals surface area contributed by atoms with Gasteiger partial charge in [0.15, 0.2) is 0 Å². The molecule has 0 aliphatic carbocycles. The molecule has 0 saturated heterocycles. The lowest BCUT2D eigenvalue weighted by molar-refractivity contribution is 0.425. The minimum Gasteiger partial charge on any atom is -0.423 e. The van der Waals surface area contributed by atoms with E-state index >= 15 is 0 Å². The fourth-order valence-electron chi connectivity index (χ4n) is 1.22. The molecule has 76 valence electrons. The molecule has 0 amide bonds. The van der Waals surface area contributed by atoms with Crippen LogP contribution < -0.4 is 5.46 Å². The second-order valence-electron chi connectivity index (χ2n) is 2.93. The summed E-state index contributed by atoms with van der Waals surface area (Å²) in [5, 5.41) is 18.6. The van der Waals surface area contributed by atoms with Crippen LogP contribution in [-0.4, -0.2) is 23.4 Å². The first-order chi connectivity index (χ1) is 6.60. The zero-order valence-corrected chi connectivity index (χ0v) is 9.69. The predicted molar refractivity (Wildman–Crippen MR) is 62.4 cm³/mol. The Morgan fingerprint density at radius 2 is 2.07 bits per heavy atom. The standard InChI is InChI=1S/C9H12BClO2S/c1-3-6-4-7(10(12)13)9(11)8(5-6)14-2/h4-5,12-13H,3H2,1-2H3. The molecule has 1 rings (SSSR count). The summed E-state index contributed by atoms with van der Waals surface area (Å²) < 4.78 is 0. The number of hydrogen-bond donors (Lipinski definition) is 2. The number of thioether (sulfide) groups is 1. The number of halogens is 1. The summed E-state index contributed by atoms with van der Waals surface area (Å²) in [4.78, 5) is 0.883. The maximum absolute atomic E-state index is 9.11. The molecule has 0 bridgehead atoms. The van der Waals surface area contributed by atoms with Gasteiger partial charge in [0, 0.05) is 10.4 Å². The Hall–Kier alpha value is -0.155. The fourth-order valence-corrected chi connectivity index (χ4v) is 2.22. The minimum absolute atomic E-state index is 0.385. The van der Waals surface area contributed by atoms with Gasteiger partial charge in [0.1, 0.15) is 0 Å². The van der Waals surface area contributed by atoms with Crippen LogP contribution in [-0.2, 0) is 6.42 Å². The molecule has 0 atom stereocenters. The summed E-state index contributed by atoms with van der Waals surface area (Å²) in [7, 11) is -1.50. The monoisotopic (exact) mass is 230 g/mol. The van der Waals surface area contributed by atoms with Gasteiger partial charge in [-0.05, 0) is 24.3 Å². The third-order valence-corrected chi connectivity index (χ3v) is 3.33. The highest BCUT2D eigenvalue weighted by atomic mass is 35.5. The Balaban J connectivity index is 3.27. The predicted octanol–water partition coefficient (Wildman–Crippen LogP) is 1.30. The average molecular weight is 231 g/mol. The van der Waals surface area contributed by atoms with Crippen LogP contribution in [0.3, 0.4) is 0 Å². The van der Waals surface area contributed by atoms with Gasteiger partial charge < -0.3 is 10.0 Å². The van der Waals surface area contributed by atoms with Crippen molar-refractivity contribution in [2.45, 2.75) is 18.2 Å². The molecule has 1 aromatic rings. The quantitative estimate of drug-likeness (QED) is 0.608. The van der Waals surface area contributed by atoms with Crippen molar-refractivity contribution in [2.75, 3.05) is 6.26 Å². The van der Waals surface area contributed by atoms with Crippen LogP contribution in [0, 0.1) is 0 Å². The first-order valence-electron chi connectivity index (χ1n) is 4.32. The molecule has 0 heterocycles. The maximum atomic E-state index is 9.11. The van der Waals surface area contributed by atoms with Gasteiger partial charge in [-0.25, -0.2) is 0 Å². The lowest BCUT2D eigenvalue weighted by Crippen LogP contribution is -2.31. The van der Waals surface area contributed by atoms with Gasteiger partial charge in [-0.15, -0.1) is 11.8 Å². The van der Waals surface area contributed by atoms with Crippen molar-refractivity contribution in [2.24, 2.45) is 0 Å². The molecule has 14 heavy (non-hydrogen) atoms. The number of rotatable bonds is 3. The molecule has 0 unspecified atom stereocenters. The Morgan fingerprint density at radius 3 is 2.50 bits per heavy atom. The smallest absolute Gasteiger partial charge is 0.423 e. The molecule has 0 aromatic heterocycles. The van der Waals surface area contributed by atoms with Crippen molar-refractivity contribution >= 4 is 35.9 Å². The molecule has 2 nitrogen and oxygen atoms in total. The van der Waals surface area contributed by atoms with E-state index in [0.717, 1.165) is 16.9 Å². The number of hydrogen-bond acceptors (Lipinski definition) is 3. The van der Waals surface area contributed by atoms with E-state index in [-0.39, 0.29) is 0 Å². The number of aryl methyl sites for hydroxylation is 1. The molecule has 2 N–H and O–H groups in total. The summed E-state index contributed by atoms with van der Waals surface area (Å²) in [6.45, 7) is 2.01. The largest absolute Gasteiger partial charge is 0.490 e. The van der Waals surface area contributed by atoms with Gasteiger partial charge in [0.2, 0.25) is 0 Å². The third kappa shape index (κ3) is 2.45. The zero-order valence-electron chi connectivity index (χ0n) is 8.12. The first kappa shape index (κ1) is 11.9. The summed E-state index contributed by atoms with van der Waals surface area (Å²) in [5.41, 5.74) is 1.44. The maximum Gasteiger partial charge on any atom is 0.490 e. The highest BCUT2D eigenvalue weighted by Crippen LogP contribution is 2.25. The fraction of sp³-hybridized carbons (Fsp3) is 0.333. The summed E-state index contributed by atoms with van der Waals surface area (Å²) in [6, 6.07) is 3.70. The summed E-state index contributed by atoms with van der Waals surface area (Å²) in [6.07, 6.45) is 2.76. The highest BCUT2D eigenvalue weighted by Gasteiger charge is 2.18. The molecule has 1 aromatic carbocycles. The van der Waals surface area contributed by atoms with Crippen LogP contribution in [0.4, 0.5) is 0 Å². The van der Waals surface area contributed by atoms with E-state index in [1.54, 1.807) is 6.07 Å².